The normalized spacial score (nSPS) is 17.5. The summed E-state index contributed by atoms with van der Waals surface area (Å²) in [6.45, 7) is 6.22. The summed E-state index contributed by atoms with van der Waals surface area (Å²) in [6.07, 6.45) is 6.77. The van der Waals surface area contributed by atoms with Crippen molar-refractivity contribution in [2.24, 2.45) is 0 Å². The van der Waals surface area contributed by atoms with Crippen molar-refractivity contribution in [3.63, 3.8) is 0 Å². The standard InChI is InChI=1S/C18H27N2O.Y/c1-16-9-8-10-17(15-19)18(16)21-14-13-20(2)11-6-4-3-5-7-12-20;/h8-10H,3-7,11-14H2,1-2H3;/q+1;. The third-order valence-electron chi connectivity index (χ3n) is 4.61. The van der Waals surface area contributed by atoms with Crippen molar-refractivity contribution < 1.29 is 41.9 Å². The number of para-hydroxylation sites is 1. The van der Waals surface area contributed by atoms with E-state index in [4.69, 9.17) is 4.74 Å². The summed E-state index contributed by atoms with van der Waals surface area (Å²) in [5, 5.41) is 9.18. The van der Waals surface area contributed by atoms with E-state index in [-0.39, 0.29) is 32.7 Å². The Morgan fingerprint density at radius 1 is 1.14 bits per heavy atom. The smallest absolute Gasteiger partial charge is 0.140 e. The topological polar surface area (TPSA) is 33.0 Å². The zero-order chi connectivity index (χ0) is 15.1. The molecule has 22 heavy (non-hydrogen) atoms. The molecule has 1 aromatic carbocycles. The molecule has 0 saturated carbocycles. The van der Waals surface area contributed by atoms with Gasteiger partial charge in [0.15, 0.2) is 0 Å². The Morgan fingerprint density at radius 2 is 1.77 bits per heavy atom. The number of nitriles is 1. The van der Waals surface area contributed by atoms with Crippen LogP contribution in [0.2, 0.25) is 0 Å². The van der Waals surface area contributed by atoms with Crippen molar-refractivity contribution in [3.05, 3.63) is 29.3 Å². The van der Waals surface area contributed by atoms with Crippen molar-refractivity contribution >= 4 is 0 Å². The van der Waals surface area contributed by atoms with E-state index in [0.29, 0.717) is 12.2 Å². The van der Waals surface area contributed by atoms with Crippen LogP contribution in [0, 0.1) is 18.3 Å². The van der Waals surface area contributed by atoms with E-state index in [1.807, 2.05) is 25.1 Å². The van der Waals surface area contributed by atoms with Crippen LogP contribution >= 0.6 is 0 Å². The predicted molar refractivity (Wildman–Crippen MR) is 85.3 cm³/mol. The van der Waals surface area contributed by atoms with E-state index in [0.717, 1.165) is 22.3 Å². The first-order chi connectivity index (χ1) is 10.1. The van der Waals surface area contributed by atoms with E-state index in [1.54, 1.807) is 0 Å². The van der Waals surface area contributed by atoms with Crippen LogP contribution in [-0.2, 0) is 32.7 Å². The average molecular weight is 376 g/mol. The Bertz CT molecular complexity index is 502. The van der Waals surface area contributed by atoms with E-state index < -0.39 is 0 Å². The Labute approximate surface area is 160 Å². The summed E-state index contributed by atoms with van der Waals surface area (Å²) in [5.41, 5.74) is 1.69. The van der Waals surface area contributed by atoms with Gasteiger partial charge in [-0.05, 0) is 44.2 Å². The van der Waals surface area contributed by atoms with Gasteiger partial charge in [-0.1, -0.05) is 18.6 Å². The molecule has 0 spiro atoms. The molecule has 2 rings (SSSR count). The molecule has 1 fully saturated rings. The minimum Gasteiger partial charge on any atom is -0.486 e. The number of benzene rings is 1. The summed E-state index contributed by atoms with van der Waals surface area (Å²) in [4.78, 5) is 0. The Kier molecular flexibility index (Phi) is 8.61. The van der Waals surface area contributed by atoms with Crippen LogP contribution in [0.4, 0.5) is 0 Å². The van der Waals surface area contributed by atoms with Crippen molar-refractivity contribution in [1.82, 2.24) is 0 Å². The van der Waals surface area contributed by atoms with E-state index in [2.05, 4.69) is 13.1 Å². The quantitative estimate of drug-likeness (QED) is 0.752. The third-order valence-corrected chi connectivity index (χ3v) is 4.61. The first kappa shape index (κ1) is 19.6. The van der Waals surface area contributed by atoms with Gasteiger partial charge in [-0.2, -0.15) is 5.26 Å². The molecule has 1 aliphatic rings. The van der Waals surface area contributed by atoms with Gasteiger partial charge in [-0.25, -0.2) is 0 Å². The predicted octanol–water partition coefficient (Wildman–Crippen LogP) is 3.65. The van der Waals surface area contributed by atoms with Crippen LogP contribution in [-0.4, -0.2) is 37.8 Å². The summed E-state index contributed by atoms with van der Waals surface area (Å²) < 4.78 is 7.07. The van der Waals surface area contributed by atoms with E-state index >= 15 is 0 Å². The van der Waals surface area contributed by atoms with Crippen LogP contribution in [0.5, 0.6) is 5.75 Å². The number of nitrogens with zero attached hydrogens (tertiary/aromatic N) is 2. The summed E-state index contributed by atoms with van der Waals surface area (Å²) in [6, 6.07) is 7.96. The molecule has 0 aliphatic carbocycles. The molecule has 0 atom stereocenters. The molecular formula is C18H27N2OY+. The number of hydrogen-bond acceptors (Lipinski definition) is 2. The van der Waals surface area contributed by atoms with Crippen molar-refractivity contribution in [1.29, 1.82) is 5.26 Å². The maximum Gasteiger partial charge on any atom is 0.140 e. The Morgan fingerprint density at radius 3 is 2.41 bits per heavy atom. The number of ether oxygens (including phenoxy) is 1. The van der Waals surface area contributed by atoms with Crippen LogP contribution in [0.3, 0.4) is 0 Å². The maximum absolute atomic E-state index is 9.18. The molecule has 0 N–H and O–H groups in total. The summed E-state index contributed by atoms with van der Waals surface area (Å²) in [5.74, 6) is 0.763. The maximum atomic E-state index is 9.18. The van der Waals surface area contributed by atoms with Crippen LogP contribution in [0.25, 0.3) is 0 Å². The molecule has 1 radical (unpaired) electrons. The Balaban J connectivity index is 0.00000242. The van der Waals surface area contributed by atoms with Crippen molar-refractivity contribution in [3.8, 4) is 11.8 Å². The number of hydrogen-bond donors (Lipinski definition) is 0. The van der Waals surface area contributed by atoms with Crippen LogP contribution in [0.15, 0.2) is 18.2 Å². The zero-order valence-electron chi connectivity index (χ0n) is 14.0. The zero-order valence-corrected chi connectivity index (χ0v) is 16.8. The third kappa shape index (κ3) is 5.65. The average Bonchev–Trinajstić information content (AvgIpc) is 2.45. The molecule has 117 valence electrons. The van der Waals surface area contributed by atoms with Gasteiger partial charge in [0, 0.05) is 32.7 Å². The fraction of sp³-hybridized carbons (Fsp3) is 0.611. The molecule has 0 aromatic heterocycles. The van der Waals surface area contributed by atoms with Gasteiger partial charge in [-0.15, -0.1) is 0 Å². The molecule has 1 saturated heterocycles. The van der Waals surface area contributed by atoms with Crippen LogP contribution in [0.1, 0.15) is 43.2 Å². The monoisotopic (exact) mass is 376 g/mol. The molecular weight excluding hydrogens is 349 g/mol. The number of likely N-dealkylation sites (tertiary alicyclic amines) is 1. The molecule has 0 amide bonds. The van der Waals surface area contributed by atoms with Crippen molar-refractivity contribution in [2.75, 3.05) is 33.3 Å². The molecule has 3 nitrogen and oxygen atoms in total. The fourth-order valence-corrected chi connectivity index (χ4v) is 3.15. The first-order valence-electron chi connectivity index (χ1n) is 8.11. The molecule has 0 bridgehead atoms. The molecule has 1 aliphatic heterocycles. The minimum atomic E-state index is 0. The SMILES string of the molecule is Cc1cccc(C#N)c1OCC[N+]1(C)CCCCCCC1.[Y]. The number of likely N-dealkylation sites (N-methyl/N-ethyl adjacent to an activating group) is 1. The fourth-order valence-electron chi connectivity index (χ4n) is 3.15. The van der Waals surface area contributed by atoms with Gasteiger partial charge in [0.25, 0.3) is 0 Å². The second-order valence-corrected chi connectivity index (χ2v) is 6.47. The number of aryl methyl sites for hydroxylation is 1. The first-order valence-corrected chi connectivity index (χ1v) is 8.11. The largest absolute Gasteiger partial charge is 0.486 e. The minimum absolute atomic E-state index is 0. The van der Waals surface area contributed by atoms with Gasteiger partial charge < -0.3 is 9.22 Å². The molecule has 4 heteroatoms. The van der Waals surface area contributed by atoms with E-state index in [1.165, 1.54) is 45.2 Å². The van der Waals surface area contributed by atoms with Gasteiger partial charge in [0.1, 0.15) is 25.0 Å². The van der Waals surface area contributed by atoms with Gasteiger partial charge in [-0.3, -0.25) is 0 Å². The number of rotatable bonds is 4. The summed E-state index contributed by atoms with van der Waals surface area (Å²) >= 11 is 0. The molecule has 1 aromatic rings. The van der Waals surface area contributed by atoms with Gasteiger partial charge in [0.2, 0.25) is 0 Å². The Hall–Kier alpha value is -0.426. The van der Waals surface area contributed by atoms with E-state index in [9.17, 15) is 5.26 Å². The van der Waals surface area contributed by atoms with Crippen LogP contribution < -0.4 is 4.74 Å². The molecule has 0 unspecified atom stereocenters. The van der Waals surface area contributed by atoms with Crippen molar-refractivity contribution in [2.45, 2.75) is 39.0 Å². The summed E-state index contributed by atoms with van der Waals surface area (Å²) in [7, 11) is 2.34. The van der Waals surface area contributed by atoms with Gasteiger partial charge in [0.05, 0.1) is 25.7 Å². The second kappa shape index (κ2) is 9.65. The molecule has 1 heterocycles. The number of quaternary nitrogens is 1. The van der Waals surface area contributed by atoms with Gasteiger partial charge >= 0.3 is 0 Å². The second-order valence-electron chi connectivity index (χ2n) is 6.47.